The first-order valence-electron chi connectivity index (χ1n) is 7.53. The lowest BCUT2D eigenvalue weighted by Crippen LogP contribution is -2.56. The van der Waals surface area contributed by atoms with Gasteiger partial charge in [-0.25, -0.2) is 0 Å². The second-order valence-electron chi connectivity index (χ2n) is 6.88. The molecular formula is C15H30N2O. The summed E-state index contributed by atoms with van der Waals surface area (Å²) in [6.45, 7) is 11.1. The van der Waals surface area contributed by atoms with Crippen molar-refractivity contribution in [3.8, 4) is 0 Å². The van der Waals surface area contributed by atoms with E-state index in [-0.39, 0.29) is 5.54 Å². The number of morpholine rings is 1. The van der Waals surface area contributed by atoms with E-state index in [0.29, 0.717) is 6.04 Å². The number of hydrogen-bond acceptors (Lipinski definition) is 3. The van der Waals surface area contributed by atoms with E-state index in [1.807, 2.05) is 0 Å². The van der Waals surface area contributed by atoms with Gasteiger partial charge in [0.05, 0.1) is 13.2 Å². The summed E-state index contributed by atoms with van der Waals surface area (Å²) < 4.78 is 5.62. The third-order valence-corrected chi connectivity index (χ3v) is 4.89. The van der Waals surface area contributed by atoms with E-state index >= 15 is 0 Å². The van der Waals surface area contributed by atoms with Crippen molar-refractivity contribution in [2.75, 3.05) is 33.4 Å². The molecule has 3 atom stereocenters. The molecule has 3 unspecified atom stereocenters. The maximum Gasteiger partial charge on any atom is 0.0645 e. The molecule has 1 saturated carbocycles. The molecule has 2 aliphatic rings. The van der Waals surface area contributed by atoms with Crippen LogP contribution >= 0.6 is 0 Å². The van der Waals surface area contributed by atoms with Gasteiger partial charge in [0.25, 0.3) is 0 Å². The monoisotopic (exact) mass is 254 g/mol. The molecule has 3 nitrogen and oxygen atoms in total. The lowest BCUT2D eigenvalue weighted by atomic mass is 9.78. The zero-order chi connectivity index (χ0) is 13.2. The van der Waals surface area contributed by atoms with Crippen molar-refractivity contribution in [1.29, 1.82) is 0 Å². The van der Waals surface area contributed by atoms with E-state index in [4.69, 9.17) is 4.74 Å². The molecule has 1 heterocycles. The predicted octanol–water partition coefficient (Wildman–Crippen LogP) is 2.12. The summed E-state index contributed by atoms with van der Waals surface area (Å²) in [5.74, 6) is 1.69. The largest absolute Gasteiger partial charge is 0.378 e. The number of rotatable bonds is 3. The van der Waals surface area contributed by atoms with Crippen LogP contribution in [0.3, 0.4) is 0 Å². The Balaban J connectivity index is 1.97. The van der Waals surface area contributed by atoms with Gasteiger partial charge in [-0.2, -0.15) is 0 Å². The second-order valence-corrected chi connectivity index (χ2v) is 6.88. The van der Waals surface area contributed by atoms with Crippen LogP contribution in [0.5, 0.6) is 0 Å². The van der Waals surface area contributed by atoms with Crippen LogP contribution in [-0.2, 0) is 4.74 Å². The van der Waals surface area contributed by atoms with Crippen molar-refractivity contribution >= 4 is 0 Å². The zero-order valence-corrected chi connectivity index (χ0v) is 12.5. The fourth-order valence-corrected chi connectivity index (χ4v) is 3.59. The van der Waals surface area contributed by atoms with Crippen LogP contribution in [-0.4, -0.2) is 49.8 Å². The lowest BCUT2D eigenvalue weighted by Gasteiger charge is -2.46. The first-order chi connectivity index (χ1) is 8.53. The van der Waals surface area contributed by atoms with Crippen molar-refractivity contribution in [2.24, 2.45) is 11.8 Å². The fraction of sp³-hybridized carbons (Fsp3) is 1.00. The Morgan fingerprint density at radius 1 is 1.33 bits per heavy atom. The summed E-state index contributed by atoms with van der Waals surface area (Å²) >= 11 is 0. The van der Waals surface area contributed by atoms with Crippen LogP contribution in [0.1, 0.15) is 40.0 Å². The summed E-state index contributed by atoms with van der Waals surface area (Å²) in [6.07, 6.45) is 4.10. The maximum atomic E-state index is 5.62. The Kier molecular flexibility index (Phi) is 4.68. The van der Waals surface area contributed by atoms with E-state index in [1.165, 1.54) is 25.8 Å². The number of hydrogen-bond donors (Lipinski definition) is 1. The molecular weight excluding hydrogens is 224 g/mol. The van der Waals surface area contributed by atoms with Crippen LogP contribution in [0.15, 0.2) is 0 Å². The van der Waals surface area contributed by atoms with Crippen molar-refractivity contribution in [3.63, 3.8) is 0 Å². The van der Waals surface area contributed by atoms with Gasteiger partial charge in [0.15, 0.2) is 0 Å². The second kappa shape index (κ2) is 5.89. The van der Waals surface area contributed by atoms with Gasteiger partial charge in [-0.15, -0.1) is 0 Å². The summed E-state index contributed by atoms with van der Waals surface area (Å²) in [7, 11) is 2.12. The highest BCUT2D eigenvalue weighted by Crippen LogP contribution is 2.31. The van der Waals surface area contributed by atoms with Gasteiger partial charge in [0.2, 0.25) is 0 Å². The zero-order valence-electron chi connectivity index (χ0n) is 12.5. The SMILES string of the molecule is CNC1CCC(C)CC1CN1CCOCC1(C)C. The van der Waals surface area contributed by atoms with Gasteiger partial charge in [0, 0.05) is 24.7 Å². The van der Waals surface area contributed by atoms with Gasteiger partial charge in [-0.05, 0) is 52.0 Å². The predicted molar refractivity (Wildman–Crippen MR) is 75.8 cm³/mol. The Morgan fingerprint density at radius 2 is 2.11 bits per heavy atom. The molecule has 2 fully saturated rings. The van der Waals surface area contributed by atoms with Crippen molar-refractivity contribution < 1.29 is 4.74 Å². The molecule has 0 spiro atoms. The van der Waals surface area contributed by atoms with E-state index in [2.05, 4.69) is 38.0 Å². The van der Waals surface area contributed by atoms with Gasteiger partial charge in [0.1, 0.15) is 0 Å². The molecule has 1 saturated heterocycles. The van der Waals surface area contributed by atoms with Gasteiger partial charge < -0.3 is 10.1 Å². The Labute approximate surface area is 112 Å². The highest BCUT2D eigenvalue weighted by atomic mass is 16.5. The van der Waals surface area contributed by atoms with E-state index < -0.39 is 0 Å². The van der Waals surface area contributed by atoms with E-state index in [9.17, 15) is 0 Å². The van der Waals surface area contributed by atoms with Crippen LogP contribution < -0.4 is 5.32 Å². The van der Waals surface area contributed by atoms with E-state index in [0.717, 1.165) is 31.6 Å². The molecule has 18 heavy (non-hydrogen) atoms. The molecule has 3 heteroatoms. The Bertz CT molecular complexity index is 267. The first kappa shape index (κ1) is 14.3. The minimum absolute atomic E-state index is 0.206. The molecule has 0 aromatic carbocycles. The number of nitrogens with one attached hydrogen (secondary N) is 1. The van der Waals surface area contributed by atoms with Crippen molar-refractivity contribution in [3.05, 3.63) is 0 Å². The third kappa shape index (κ3) is 3.25. The summed E-state index contributed by atoms with van der Waals surface area (Å²) in [5, 5.41) is 3.53. The molecule has 0 bridgehead atoms. The van der Waals surface area contributed by atoms with Crippen molar-refractivity contribution in [2.45, 2.75) is 51.6 Å². The Hall–Kier alpha value is -0.120. The summed E-state index contributed by atoms with van der Waals surface area (Å²) in [6, 6.07) is 0.708. The summed E-state index contributed by atoms with van der Waals surface area (Å²) in [4.78, 5) is 2.64. The number of nitrogens with zero attached hydrogens (tertiary/aromatic N) is 1. The molecule has 1 aliphatic heterocycles. The van der Waals surface area contributed by atoms with Gasteiger partial charge in [-0.1, -0.05) is 6.92 Å². The molecule has 2 rings (SSSR count). The highest BCUT2D eigenvalue weighted by Gasteiger charge is 2.35. The third-order valence-electron chi connectivity index (χ3n) is 4.89. The van der Waals surface area contributed by atoms with Crippen LogP contribution in [0.2, 0.25) is 0 Å². The molecule has 0 aromatic rings. The molecule has 0 aromatic heterocycles. The van der Waals surface area contributed by atoms with Gasteiger partial charge in [-0.3, -0.25) is 4.90 Å². The quantitative estimate of drug-likeness (QED) is 0.835. The lowest BCUT2D eigenvalue weighted by molar-refractivity contribution is -0.0621. The molecule has 0 amide bonds. The maximum absolute atomic E-state index is 5.62. The minimum Gasteiger partial charge on any atom is -0.378 e. The highest BCUT2D eigenvalue weighted by molar-refractivity contribution is 4.90. The number of ether oxygens (including phenoxy) is 1. The average Bonchev–Trinajstić information content (AvgIpc) is 2.32. The average molecular weight is 254 g/mol. The first-order valence-corrected chi connectivity index (χ1v) is 7.53. The normalized spacial score (nSPS) is 37.7. The smallest absolute Gasteiger partial charge is 0.0645 e. The Morgan fingerprint density at radius 3 is 2.78 bits per heavy atom. The minimum atomic E-state index is 0.206. The van der Waals surface area contributed by atoms with Crippen LogP contribution in [0.4, 0.5) is 0 Å². The van der Waals surface area contributed by atoms with Crippen molar-refractivity contribution in [1.82, 2.24) is 10.2 Å². The molecule has 106 valence electrons. The molecule has 1 aliphatic carbocycles. The fourth-order valence-electron chi connectivity index (χ4n) is 3.59. The van der Waals surface area contributed by atoms with Crippen LogP contribution in [0.25, 0.3) is 0 Å². The molecule has 1 N–H and O–H groups in total. The topological polar surface area (TPSA) is 24.5 Å². The van der Waals surface area contributed by atoms with E-state index in [1.54, 1.807) is 0 Å². The molecule has 0 radical (unpaired) electrons. The van der Waals surface area contributed by atoms with Crippen LogP contribution in [0, 0.1) is 11.8 Å². The summed E-state index contributed by atoms with van der Waals surface area (Å²) in [5.41, 5.74) is 0.206. The van der Waals surface area contributed by atoms with Gasteiger partial charge >= 0.3 is 0 Å². The standard InChI is InChI=1S/C15H30N2O/c1-12-5-6-14(16-4)13(9-12)10-17-7-8-18-11-15(17,2)3/h12-14,16H,5-11H2,1-4H3.